The van der Waals surface area contributed by atoms with Gasteiger partial charge in [0.1, 0.15) is 0 Å². The molecule has 0 unspecified atom stereocenters. The number of carbonyl (C=O) groups is 1. The molecule has 1 fully saturated rings. The van der Waals surface area contributed by atoms with Crippen LogP contribution in [0.15, 0.2) is 30.7 Å². The number of hydrogen-bond donors (Lipinski definition) is 1. The maximum atomic E-state index is 12.6. The summed E-state index contributed by atoms with van der Waals surface area (Å²) in [6.45, 7) is 6.02. The molecule has 2 aromatic rings. The monoisotopic (exact) mass is 328 g/mol. The largest absolute Gasteiger partial charge is 0.379 e. The second-order valence-corrected chi connectivity index (χ2v) is 6.33. The zero-order chi connectivity index (χ0) is 16.9. The molecular weight excluding hydrogens is 304 g/mol. The van der Waals surface area contributed by atoms with E-state index in [2.05, 4.69) is 22.3 Å². The third-order valence-corrected chi connectivity index (χ3v) is 4.41. The molecule has 24 heavy (non-hydrogen) atoms. The fourth-order valence-electron chi connectivity index (χ4n) is 3.11. The van der Waals surface area contributed by atoms with E-state index in [0.29, 0.717) is 18.8 Å². The van der Waals surface area contributed by atoms with Gasteiger partial charge in [-0.25, -0.2) is 0 Å². The first-order valence-corrected chi connectivity index (χ1v) is 8.49. The van der Waals surface area contributed by atoms with Crippen LogP contribution in [-0.2, 0) is 17.7 Å². The molecule has 128 valence electrons. The Kier molecular flexibility index (Phi) is 5.25. The molecule has 3 rings (SSSR count). The molecule has 6 heteroatoms. The van der Waals surface area contributed by atoms with Crippen molar-refractivity contribution in [2.45, 2.75) is 39.3 Å². The van der Waals surface area contributed by atoms with Crippen molar-refractivity contribution in [3.63, 3.8) is 0 Å². The number of aromatic nitrogens is 3. The van der Waals surface area contributed by atoms with Gasteiger partial charge in [-0.05, 0) is 37.5 Å². The molecule has 3 heterocycles. The number of nitrogens with one attached hydrogen (secondary N) is 1. The number of hydrogen-bond acceptors (Lipinski definition) is 4. The number of aryl methyl sites for hydroxylation is 2. The Morgan fingerprint density at radius 3 is 2.92 bits per heavy atom. The number of carbonyl (C=O) groups excluding carboxylic acids is 1. The third kappa shape index (κ3) is 3.82. The van der Waals surface area contributed by atoms with Gasteiger partial charge < -0.3 is 10.1 Å². The first-order valence-electron chi connectivity index (χ1n) is 8.49. The standard InChI is InChI=1S/C18H24N4O2/c1-3-8-22-10-16(13(2)21-22)18(23)20-17-12-24-11-15(17)9-14-4-6-19-7-5-14/h4-7,10,15,17H,3,8-9,11-12H2,1-2H3,(H,20,23)/t15-,17+/m1/s1. The van der Waals surface area contributed by atoms with Gasteiger partial charge >= 0.3 is 0 Å². The van der Waals surface area contributed by atoms with Gasteiger partial charge in [-0.2, -0.15) is 5.10 Å². The molecule has 0 aliphatic carbocycles. The lowest BCUT2D eigenvalue weighted by Gasteiger charge is -2.19. The lowest BCUT2D eigenvalue weighted by molar-refractivity contribution is 0.0924. The number of rotatable bonds is 6. The average molecular weight is 328 g/mol. The van der Waals surface area contributed by atoms with Crippen molar-refractivity contribution in [2.24, 2.45) is 5.92 Å². The summed E-state index contributed by atoms with van der Waals surface area (Å²) in [6.07, 6.45) is 7.30. The SMILES string of the molecule is CCCn1cc(C(=O)N[C@H]2COC[C@H]2Cc2ccncc2)c(C)n1. The average Bonchev–Trinajstić information content (AvgIpc) is 3.15. The summed E-state index contributed by atoms with van der Waals surface area (Å²) in [5.74, 6) is 0.215. The first kappa shape index (κ1) is 16.6. The van der Waals surface area contributed by atoms with Crippen molar-refractivity contribution >= 4 is 5.91 Å². The molecule has 0 aromatic carbocycles. The highest BCUT2D eigenvalue weighted by molar-refractivity contribution is 5.95. The van der Waals surface area contributed by atoms with Gasteiger partial charge in [-0.15, -0.1) is 0 Å². The number of amides is 1. The zero-order valence-electron chi connectivity index (χ0n) is 14.2. The molecule has 1 amide bonds. The summed E-state index contributed by atoms with van der Waals surface area (Å²) in [6, 6.07) is 4.05. The molecule has 0 radical (unpaired) electrons. The maximum absolute atomic E-state index is 12.6. The first-order chi connectivity index (χ1) is 11.7. The Morgan fingerprint density at radius 2 is 2.17 bits per heavy atom. The minimum Gasteiger partial charge on any atom is -0.379 e. The number of pyridine rings is 1. The van der Waals surface area contributed by atoms with E-state index in [4.69, 9.17) is 4.74 Å². The Balaban J connectivity index is 1.64. The van der Waals surface area contributed by atoms with Gasteiger partial charge in [0.2, 0.25) is 0 Å². The van der Waals surface area contributed by atoms with E-state index in [-0.39, 0.29) is 17.9 Å². The second-order valence-electron chi connectivity index (χ2n) is 6.33. The van der Waals surface area contributed by atoms with Gasteiger partial charge in [0.15, 0.2) is 0 Å². The van der Waals surface area contributed by atoms with Crippen LogP contribution in [0.4, 0.5) is 0 Å². The van der Waals surface area contributed by atoms with E-state index in [0.717, 1.165) is 25.1 Å². The fraction of sp³-hybridized carbons (Fsp3) is 0.500. The summed E-state index contributed by atoms with van der Waals surface area (Å²) < 4.78 is 7.44. The highest BCUT2D eigenvalue weighted by Crippen LogP contribution is 2.19. The molecule has 1 N–H and O–H groups in total. The van der Waals surface area contributed by atoms with Crippen molar-refractivity contribution in [2.75, 3.05) is 13.2 Å². The highest BCUT2D eigenvalue weighted by atomic mass is 16.5. The van der Waals surface area contributed by atoms with Crippen LogP contribution in [0, 0.1) is 12.8 Å². The van der Waals surface area contributed by atoms with E-state index < -0.39 is 0 Å². The predicted molar refractivity (Wildman–Crippen MR) is 90.8 cm³/mol. The second kappa shape index (κ2) is 7.57. The summed E-state index contributed by atoms with van der Waals surface area (Å²) >= 11 is 0. The molecule has 6 nitrogen and oxygen atoms in total. The topological polar surface area (TPSA) is 69.0 Å². The number of ether oxygens (including phenoxy) is 1. The molecule has 1 aliphatic heterocycles. The fourth-order valence-corrected chi connectivity index (χ4v) is 3.11. The smallest absolute Gasteiger partial charge is 0.255 e. The Bertz CT molecular complexity index is 684. The van der Waals surface area contributed by atoms with Crippen LogP contribution < -0.4 is 5.32 Å². The quantitative estimate of drug-likeness (QED) is 0.880. The van der Waals surface area contributed by atoms with E-state index in [1.54, 1.807) is 12.4 Å². The third-order valence-electron chi connectivity index (χ3n) is 4.41. The van der Waals surface area contributed by atoms with Crippen molar-refractivity contribution in [3.05, 3.63) is 47.5 Å². The molecule has 0 saturated carbocycles. The van der Waals surface area contributed by atoms with E-state index in [1.807, 2.05) is 29.9 Å². The van der Waals surface area contributed by atoms with Crippen LogP contribution in [0.25, 0.3) is 0 Å². The minimum absolute atomic E-state index is 0.0274. The van der Waals surface area contributed by atoms with Gasteiger partial charge in [0.05, 0.1) is 30.5 Å². The normalized spacial score (nSPS) is 20.2. The zero-order valence-corrected chi connectivity index (χ0v) is 14.2. The summed E-state index contributed by atoms with van der Waals surface area (Å²) in [4.78, 5) is 16.7. The predicted octanol–water partition coefficient (Wildman–Crippen LogP) is 1.98. The molecule has 2 atom stereocenters. The van der Waals surface area contributed by atoms with Crippen molar-refractivity contribution in [3.8, 4) is 0 Å². The van der Waals surface area contributed by atoms with Crippen LogP contribution >= 0.6 is 0 Å². The summed E-state index contributed by atoms with van der Waals surface area (Å²) in [5.41, 5.74) is 2.63. The van der Waals surface area contributed by atoms with Crippen molar-refractivity contribution in [1.82, 2.24) is 20.1 Å². The van der Waals surface area contributed by atoms with Gasteiger partial charge in [0, 0.05) is 31.1 Å². The van der Waals surface area contributed by atoms with Gasteiger partial charge in [-0.1, -0.05) is 6.92 Å². The molecule has 1 saturated heterocycles. The molecule has 2 aromatic heterocycles. The molecule has 0 bridgehead atoms. The van der Waals surface area contributed by atoms with E-state index in [9.17, 15) is 4.79 Å². The minimum atomic E-state index is -0.0647. The Morgan fingerprint density at radius 1 is 1.38 bits per heavy atom. The Hall–Kier alpha value is -2.21. The van der Waals surface area contributed by atoms with Gasteiger partial charge in [-0.3, -0.25) is 14.5 Å². The van der Waals surface area contributed by atoms with E-state index in [1.165, 1.54) is 5.56 Å². The number of nitrogens with zero attached hydrogens (tertiary/aromatic N) is 3. The lowest BCUT2D eigenvalue weighted by Crippen LogP contribution is -2.40. The van der Waals surface area contributed by atoms with Crippen LogP contribution in [0.2, 0.25) is 0 Å². The Labute approximate surface area is 142 Å². The summed E-state index contributed by atoms with van der Waals surface area (Å²) in [5, 5.41) is 7.53. The highest BCUT2D eigenvalue weighted by Gasteiger charge is 2.30. The lowest BCUT2D eigenvalue weighted by atomic mass is 9.95. The molecule has 1 aliphatic rings. The van der Waals surface area contributed by atoms with Crippen molar-refractivity contribution < 1.29 is 9.53 Å². The maximum Gasteiger partial charge on any atom is 0.255 e. The van der Waals surface area contributed by atoms with Gasteiger partial charge in [0.25, 0.3) is 5.91 Å². The van der Waals surface area contributed by atoms with Crippen LogP contribution in [0.5, 0.6) is 0 Å². The van der Waals surface area contributed by atoms with Crippen LogP contribution in [-0.4, -0.2) is 39.9 Å². The van der Waals surface area contributed by atoms with E-state index >= 15 is 0 Å². The molecule has 0 spiro atoms. The van der Waals surface area contributed by atoms with Crippen LogP contribution in [0.3, 0.4) is 0 Å². The van der Waals surface area contributed by atoms with Crippen LogP contribution in [0.1, 0.15) is 35.0 Å². The summed E-state index contributed by atoms with van der Waals surface area (Å²) in [7, 11) is 0. The molecular formula is C18H24N4O2. The van der Waals surface area contributed by atoms with Crippen molar-refractivity contribution in [1.29, 1.82) is 0 Å².